The minimum atomic E-state index is -0.326. The number of aryl methyl sites for hydroxylation is 2. The van der Waals surface area contributed by atoms with E-state index in [1.54, 1.807) is 6.07 Å². The molecule has 1 fully saturated rings. The molecule has 0 unspecified atom stereocenters. The van der Waals surface area contributed by atoms with Gasteiger partial charge in [-0.1, -0.05) is 0 Å². The van der Waals surface area contributed by atoms with E-state index in [0.29, 0.717) is 5.56 Å². The molecule has 0 spiro atoms. The number of morpholine rings is 1. The molecule has 1 saturated heterocycles. The van der Waals surface area contributed by atoms with E-state index in [9.17, 15) is 4.79 Å². The summed E-state index contributed by atoms with van der Waals surface area (Å²) in [6.07, 6.45) is 1.92. The van der Waals surface area contributed by atoms with Crippen LogP contribution < -0.4 is 4.90 Å². The summed E-state index contributed by atoms with van der Waals surface area (Å²) in [4.78, 5) is 18.9. The Morgan fingerprint density at radius 3 is 2.41 bits per heavy atom. The van der Waals surface area contributed by atoms with Crippen LogP contribution in [-0.4, -0.2) is 50.2 Å². The lowest BCUT2D eigenvalue weighted by Gasteiger charge is -2.28. The van der Waals surface area contributed by atoms with E-state index in [2.05, 4.69) is 53.6 Å². The number of aromatic nitrogens is 1. The van der Waals surface area contributed by atoms with Crippen molar-refractivity contribution in [1.82, 2.24) is 4.57 Å². The third kappa shape index (κ3) is 4.46. The van der Waals surface area contributed by atoms with Crippen molar-refractivity contribution in [1.29, 1.82) is 0 Å². The Kier molecular flexibility index (Phi) is 6.42. The molecule has 0 aliphatic carbocycles. The molecule has 2 heterocycles. The van der Waals surface area contributed by atoms with Crippen molar-refractivity contribution < 1.29 is 14.3 Å². The van der Waals surface area contributed by atoms with E-state index >= 15 is 0 Å². The van der Waals surface area contributed by atoms with Crippen LogP contribution in [0.5, 0.6) is 0 Å². The van der Waals surface area contributed by atoms with Gasteiger partial charge in [0.15, 0.2) is 0 Å². The highest BCUT2D eigenvalue weighted by molar-refractivity contribution is 5.90. The number of hydrogen-bond donors (Lipinski definition) is 0. The zero-order valence-corrected chi connectivity index (χ0v) is 19.1. The van der Waals surface area contributed by atoms with Crippen molar-refractivity contribution in [2.75, 3.05) is 38.3 Å². The van der Waals surface area contributed by atoms with Gasteiger partial charge >= 0.3 is 5.97 Å². The van der Waals surface area contributed by atoms with E-state index < -0.39 is 0 Å². The average molecular weight is 432 g/mol. The minimum Gasteiger partial charge on any atom is -0.465 e. The number of hydrogen-bond acceptors (Lipinski definition) is 5. The molecule has 6 nitrogen and oxygen atoms in total. The van der Waals surface area contributed by atoms with Gasteiger partial charge in [-0.3, -0.25) is 4.99 Å². The maximum absolute atomic E-state index is 11.8. The predicted octanol–water partition coefficient (Wildman–Crippen LogP) is 4.78. The lowest BCUT2D eigenvalue weighted by molar-refractivity contribution is 0.0600. The van der Waals surface area contributed by atoms with Gasteiger partial charge in [0.25, 0.3) is 0 Å². The van der Waals surface area contributed by atoms with Gasteiger partial charge in [0.2, 0.25) is 0 Å². The molecule has 2 aromatic carbocycles. The fraction of sp³-hybridized carbons (Fsp3) is 0.308. The van der Waals surface area contributed by atoms with E-state index in [0.717, 1.165) is 60.2 Å². The lowest BCUT2D eigenvalue weighted by Crippen LogP contribution is -2.36. The number of methoxy groups -OCH3 is 1. The van der Waals surface area contributed by atoms with Crippen LogP contribution in [0.15, 0.2) is 53.5 Å². The normalized spacial score (nSPS) is 14.2. The Morgan fingerprint density at radius 2 is 1.75 bits per heavy atom. The van der Waals surface area contributed by atoms with Crippen molar-refractivity contribution >= 4 is 23.6 Å². The first kappa shape index (κ1) is 21.8. The minimum absolute atomic E-state index is 0.326. The summed E-state index contributed by atoms with van der Waals surface area (Å²) >= 11 is 0. The van der Waals surface area contributed by atoms with Gasteiger partial charge in [-0.05, 0) is 74.9 Å². The molecule has 1 aliphatic rings. The van der Waals surface area contributed by atoms with Gasteiger partial charge in [-0.15, -0.1) is 0 Å². The van der Waals surface area contributed by atoms with E-state index in [1.165, 1.54) is 12.8 Å². The lowest BCUT2D eigenvalue weighted by atomic mass is 10.1. The molecule has 4 rings (SSSR count). The number of rotatable bonds is 5. The van der Waals surface area contributed by atoms with Crippen molar-refractivity contribution in [3.8, 4) is 5.69 Å². The van der Waals surface area contributed by atoms with Crippen LogP contribution in [-0.2, 0) is 9.47 Å². The molecular formula is C26H29N3O3. The Labute approximate surface area is 189 Å². The van der Waals surface area contributed by atoms with Crippen molar-refractivity contribution in [2.24, 2.45) is 4.99 Å². The molecule has 0 N–H and O–H groups in total. The highest BCUT2D eigenvalue weighted by Gasteiger charge is 2.14. The summed E-state index contributed by atoms with van der Waals surface area (Å²) in [6.45, 7) is 9.58. The number of aliphatic imine (C=N–C) groups is 1. The molecular weight excluding hydrogens is 402 g/mol. The molecule has 1 aliphatic heterocycles. The van der Waals surface area contributed by atoms with Crippen LogP contribution in [0.3, 0.4) is 0 Å². The van der Waals surface area contributed by atoms with Crippen LogP contribution in [0.25, 0.3) is 5.69 Å². The first-order valence-corrected chi connectivity index (χ1v) is 10.8. The average Bonchev–Trinajstić information content (AvgIpc) is 3.11. The molecule has 32 heavy (non-hydrogen) atoms. The van der Waals surface area contributed by atoms with Crippen molar-refractivity contribution in [2.45, 2.75) is 20.8 Å². The number of nitrogens with zero attached hydrogens (tertiary/aromatic N) is 3. The Morgan fingerprint density at radius 1 is 1.03 bits per heavy atom. The summed E-state index contributed by atoms with van der Waals surface area (Å²) in [5.41, 5.74) is 8.01. The van der Waals surface area contributed by atoms with Crippen LogP contribution >= 0.6 is 0 Å². The topological polar surface area (TPSA) is 56.1 Å². The molecule has 0 bridgehead atoms. The third-order valence-electron chi connectivity index (χ3n) is 5.91. The highest BCUT2D eigenvalue weighted by atomic mass is 16.5. The maximum Gasteiger partial charge on any atom is 0.337 e. The number of carbonyl (C=O) groups excluding carboxylic acids is 1. The monoisotopic (exact) mass is 431 g/mol. The SMILES string of the molecule is COC(=O)c1ccc(-n2c(C)cc(C=Nc3ccc(N4CCOCC4)cc3)c2C)c(C)c1. The zero-order valence-electron chi connectivity index (χ0n) is 19.1. The second kappa shape index (κ2) is 9.40. The Hall–Kier alpha value is -3.38. The summed E-state index contributed by atoms with van der Waals surface area (Å²) < 4.78 is 12.5. The number of ether oxygens (including phenoxy) is 2. The quantitative estimate of drug-likeness (QED) is 0.431. The highest BCUT2D eigenvalue weighted by Crippen LogP contribution is 2.25. The van der Waals surface area contributed by atoms with Gasteiger partial charge < -0.3 is 18.9 Å². The summed E-state index contributed by atoms with van der Waals surface area (Å²) in [7, 11) is 1.40. The van der Waals surface area contributed by atoms with Crippen LogP contribution in [0.4, 0.5) is 11.4 Å². The van der Waals surface area contributed by atoms with Crippen molar-refractivity contribution in [3.05, 3.63) is 76.6 Å². The molecule has 3 aromatic rings. The van der Waals surface area contributed by atoms with Crippen LogP contribution in [0, 0.1) is 20.8 Å². The first-order valence-electron chi connectivity index (χ1n) is 10.8. The standard InChI is InChI=1S/C26H29N3O3/c1-18-15-21(26(30)31-4)5-10-25(18)29-19(2)16-22(20(29)3)17-27-23-6-8-24(9-7-23)28-11-13-32-14-12-28/h5-10,15-17H,11-14H2,1-4H3. The zero-order chi connectivity index (χ0) is 22.7. The van der Waals surface area contributed by atoms with Gasteiger partial charge in [0, 0.05) is 47.6 Å². The van der Waals surface area contributed by atoms with Gasteiger partial charge in [0.1, 0.15) is 0 Å². The third-order valence-corrected chi connectivity index (χ3v) is 5.91. The fourth-order valence-corrected chi connectivity index (χ4v) is 4.16. The van der Waals surface area contributed by atoms with E-state index in [-0.39, 0.29) is 5.97 Å². The van der Waals surface area contributed by atoms with Crippen LogP contribution in [0.2, 0.25) is 0 Å². The Bertz CT molecular complexity index is 1140. The van der Waals surface area contributed by atoms with Crippen LogP contribution in [0.1, 0.15) is 32.9 Å². The Balaban J connectivity index is 1.55. The number of benzene rings is 2. The molecule has 1 aromatic heterocycles. The maximum atomic E-state index is 11.8. The fourth-order valence-electron chi connectivity index (χ4n) is 4.16. The van der Waals surface area contributed by atoms with Crippen molar-refractivity contribution in [3.63, 3.8) is 0 Å². The molecule has 0 atom stereocenters. The second-order valence-corrected chi connectivity index (χ2v) is 8.03. The van der Waals surface area contributed by atoms with E-state index in [4.69, 9.17) is 14.5 Å². The number of carbonyl (C=O) groups is 1. The summed E-state index contributed by atoms with van der Waals surface area (Å²) in [6, 6.07) is 16.1. The second-order valence-electron chi connectivity index (χ2n) is 8.03. The molecule has 0 radical (unpaired) electrons. The summed E-state index contributed by atoms with van der Waals surface area (Å²) in [5.74, 6) is -0.326. The summed E-state index contributed by atoms with van der Waals surface area (Å²) in [5, 5.41) is 0. The van der Waals surface area contributed by atoms with Gasteiger partial charge in [0.05, 0.1) is 31.6 Å². The van der Waals surface area contributed by atoms with E-state index in [1.807, 2.05) is 25.3 Å². The largest absolute Gasteiger partial charge is 0.465 e. The molecule has 0 amide bonds. The number of anilines is 1. The molecule has 166 valence electrons. The number of esters is 1. The first-order chi connectivity index (χ1) is 15.5. The predicted molar refractivity (Wildman–Crippen MR) is 128 cm³/mol. The van der Waals surface area contributed by atoms with Gasteiger partial charge in [-0.25, -0.2) is 4.79 Å². The molecule has 0 saturated carbocycles. The smallest absolute Gasteiger partial charge is 0.337 e. The molecule has 6 heteroatoms. The van der Waals surface area contributed by atoms with Gasteiger partial charge in [-0.2, -0.15) is 0 Å².